The van der Waals surface area contributed by atoms with E-state index in [9.17, 15) is 0 Å². The van der Waals surface area contributed by atoms with Crippen LogP contribution in [0, 0.1) is 0 Å². The van der Waals surface area contributed by atoms with Crippen molar-refractivity contribution in [1.82, 2.24) is 4.90 Å². The molecular formula is C14H25N3. The maximum Gasteiger partial charge on any atom is 0.0575 e. The van der Waals surface area contributed by atoms with Gasteiger partial charge in [0.25, 0.3) is 0 Å². The van der Waals surface area contributed by atoms with Crippen LogP contribution in [-0.4, -0.2) is 29.4 Å². The van der Waals surface area contributed by atoms with Crippen molar-refractivity contribution in [3.05, 3.63) is 12.3 Å². The molecule has 0 aromatic carbocycles. The summed E-state index contributed by atoms with van der Waals surface area (Å²) in [6.07, 6.45) is 5.73. The van der Waals surface area contributed by atoms with Crippen LogP contribution >= 0.6 is 0 Å². The fourth-order valence-electron chi connectivity index (χ4n) is 1.94. The molecule has 0 N–H and O–H groups in total. The summed E-state index contributed by atoms with van der Waals surface area (Å²) in [6.45, 7) is 12.5. The number of hydrogen-bond donors (Lipinski definition) is 0. The Morgan fingerprint density at radius 2 is 2.00 bits per heavy atom. The fourth-order valence-corrected chi connectivity index (χ4v) is 1.94. The molecule has 0 saturated carbocycles. The molecule has 0 aromatic heterocycles. The van der Waals surface area contributed by atoms with Crippen molar-refractivity contribution in [3.63, 3.8) is 0 Å². The first-order chi connectivity index (χ1) is 8.13. The van der Waals surface area contributed by atoms with E-state index in [0.717, 1.165) is 43.8 Å². The fraction of sp³-hybridized carbons (Fsp3) is 0.714. The largest absolute Gasteiger partial charge is 0.370 e. The van der Waals surface area contributed by atoms with Gasteiger partial charge in [-0.2, -0.15) is 10.2 Å². The van der Waals surface area contributed by atoms with Gasteiger partial charge in [0.1, 0.15) is 0 Å². The molecular weight excluding hydrogens is 210 g/mol. The minimum absolute atomic E-state index is 0.874. The second-order valence-corrected chi connectivity index (χ2v) is 4.87. The van der Waals surface area contributed by atoms with Crippen LogP contribution < -0.4 is 0 Å². The Morgan fingerprint density at radius 1 is 1.29 bits per heavy atom. The second-order valence-electron chi connectivity index (χ2n) is 4.87. The lowest BCUT2D eigenvalue weighted by Crippen LogP contribution is -2.28. The van der Waals surface area contributed by atoms with Crippen molar-refractivity contribution in [2.24, 2.45) is 10.2 Å². The van der Waals surface area contributed by atoms with Gasteiger partial charge in [-0.1, -0.05) is 19.9 Å². The van der Waals surface area contributed by atoms with Gasteiger partial charge in [0, 0.05) is 18.0 Å². The van der Waals surface area contributed by atoms with E-state index in [1.54, 1.807) is 0 Å². The van der Waals surface area contributed by atoms with Crippen LogP contribution in [0.25, 0.3) is 0 Å². The first-order valence-electron chi connectivity index (χ1n) is 6.62. The van der Waals surface area contributed by atoms with Crippen LogP contribution in [0.2, 0.25) is 0 Å². The topological polar surface area (TPSA) is 28.0 Å². The zero-order chi connectivity index (χ0) is 12.7. The van der Waals surface area contributed by atoms with Crippen LogP contribution in [0.5, 0.6) is 0 Å². The lowest BCUT2D eigenvalue weighted by atomic mass is 10.1. The molecule has 0 amide bonds. The second kappa shape index (κ2) is 7.25. The molecule has 3 nitrogen and oxygen atoms in total. The summed E-state index contributed by atoms with van der Waals surface area (Å²) < 4.78 is 0. The molecule has 17 heavy (non-hydrogen) atoms. The van der Waals surface area contributed by atoms with Crippen LogP contribution in [0.15, 0.2) is 22.5 Å². The van der Waals surface area contributed by atoms with Crippen molar-refractivity contribution in [2.75, 3.05) is 13.1 Å². The van der Waals surface area contributed by atoms with E-state index in [-0.39, 0.29) is 0 Å². The predicted molar refractivity (Wildman–Crippen MR) is 75.7 cm³/mol. The highest BCUT2D eigenvalue weighted by Crippen LogP contribution is 2.13. The molecule has 3 heteroatoms. The molecule has 0 bridgehead atoms. The van der Waals surface area contributed by atoms with Crippen LogP contribution in [0.1, 0.15) is 52.9 Å². The molecule has 1 rings (SSSR count). The summed E-state index contributed by atoms with van der Waals surface area (Å²) in [5.74, 6) is 0. The number of unbranched alkanes of at least 4 members (excludes halogenated alkanes) is 1. The number of allylic oxidation sites excluding steroid dienone is 1. The predicted octanol–water partition coefficient (Wildman–Crippen LogP) is 3.62. The lowest BCUT2D eigenvalue weighted by molar-refractivity contribution is 0.370. The third kappa shape index (κ3) is 5.16. The molecule has 1 aliphatic rings. The average molecular weight is 235 g/mol. The Hall–Kier alpha value is -1.12. The van der Waals surface area contributed by atoms with Crippen LogP contribution in [0.3, 0.4) is 0 Å². The van der Waals surface area contributed by atoms with Crippen molar-refractivity contribution in [2.45, 2.75) is 52.9 Å². The zero-order valence-electron chi connectivity index (χ0n) is 11.5. The number of nitrogens with zero attached hydrogens (tertiary/aromatic N) is 3. The molecule has 0 atom stereocenters. The van der Waals surface area contributed by atoms with E-state index < -0.39 is 0 Å². The van der Waals surface area contributed by atoms with Crippen molar-refractivity contribution < 1.29 is 0 Å². The van der Waals surface area contributed by atoms with Crippen molar-refractivity contribution >= 4 is 11.4 Å². The number of hydrogen-bond acceptors (Lipinski definition) is 3. The first kappa shape index (κ1) is 13.9. The smallest absolute Gasteiger partial charge is 0.0575 e. The maximum absolute atomic E-state index is 4.26. The lowest BCUT2D eigenvalue weighted by Gasteiger charge is -2.26. The quantitative estimate of drug-likeness (QED) is 0.731. The summed E-state index contributed by atoms with van der Waals surface area (Å²) in [4.78, 5) is 2.36. The molecule has 0 fully saturated rings. The van der Waals surface area contributed by atoms with Crippen molar-refractivity contribution in [3.8, 4) is 0 Å². The van der Waals surface area contributed by atoms with E-state index in [0.29, 0.717) is 0 Å². The van der Waals surface area contributed by atoms with Gasteiger partial charge in [-0.15, -0.1) is 0 Å². The number of rotatable bonds is 4. The van der Waals surface area contributed by atoms with E-state index in [4.69, 9.17) is 0 Å². The summed E-state index contributed by atoms with van der Waals surface area (Å²) in [5.41, 5.74) is 3.45. The van der Waals surface area contributed by atoms with Gasteiger partial charge >= 0.3 is 0 Å². The first-order valence-corrected chi connectivity index (χ1v) is 6.62. The zero-order valence-corrected chi connectivity index (χ0v) is 11.5. The maximum atomic E-state index is 4.26. The summed E-state index contributed by atoms with van der Waals surface area (Å²) in [6, 6.07) is 0. The Labute approximate surface area is 105 Å². The van der Waals surface area contributed by atoms with E-state index in [1.165, 1.54) is 18.5 Å². The molecule has 0 radical (unpaired) electrons. The average Bonchev–Trinajstić information content (AvgIpc) is 2.38. The summed E-state index contributed by atoms with van der Waals surface area (Å²) in [5, 5.41) is 8.49. The normalized spacial score (nSPS) is 23.8. The van der Waals surface area contributed by atoms with Crippen LogP contribution in [-0.2, 0) is 0 Å². The van der Waals surface area contributed by atoms with Gasteiger partial charge in [-0.3, -0.25) is 0 Å². The van der Waals surface area contributed by atoms with Crippen LogP contribution in [0.4, 0.5) is 0 Å². The van der Waals surface area contributed by atoms with Gasteiger partial charge in [-0.25, -0.2) is 0 Å². The summed E-state index contributed by atoms with van der Waals surface area (Å²) >= 11 is 0. The van der Waals surface area contributed by atoms with Gasteiger partial charge < -0.3 is 4.90 Å². The van der Waals surface area contributed by atoms with E-state index in [1.807, 2.05) is 6.92 Å². The highest BCUT2D eigenvalue weighted by atomic mass is 15.2. The molecule has 1 aliphatic heterocycles. The molecule has 0 unspecified atom stereocenters. The van der Waals surface area contributed by atoms with Crippen molar-refractivity contribution in [1.29, 1.82) is 0 Å². The van der Waals surface area contributed by atoms with Gasteiger partial charge in [0.05, 0.1) is 12.3 Å². The monoisotopic (exact) mass is 235 g/mol. The molecule has 1 heterocycles. The SMILES string of the molecule is C=C(CCCC)N1CCC/C(C)=N\N=C(/C)C1. The Kier molecular flexibility index (Phi) is 5.95. The van der Waals surface area contributed by atoms with Gasteiger partial charge in [0.2, 0.25) is 0 Å². The molecule has 0 spiro atoms. The minimum Gasteiger partial charge on any atom is -0.370 e. The highest BCUT2D eigenvalue weighted by Gasteiger charge is 2.10. The van der Waals surface area contributed by atoms with E-state index in [2.05, 4.69) is 35.5 Å². The molecule has 0 aliphatic carbocycles. The standard InChI is InChI=1S/C14H25N3/c1-5-6-9-14(4)17-10-7-8-12(2)15-16-13(3)11-17/h4-11H2,1-3H3/b15-12-,16-13+. The molecule has 96 valence electrons. The Balaban J connectivity index is 2.60. The van der Waals surface area contributed by atoms with E-state index >= 15 is 0 Å². The van der Waals surface area contributed by atoms with Gasteiger partial charge in [0.15, 0.2) is 0 Å². The Bertz CT molecular complexity index is 315. The minimum atomic E-state index is 0.874. The Morgan fingerprint density at radius 3 is 2.71 bits per heavy atom. The molecule has 0 saturated heterocycles. The van der Waals surface area contributed by atoms with Gasteiger partial charge in [-0.05, 0) is 39.5 Å². The molecule has 0 aromatic rings. The third-order valence-electron chi connectivity index (χ3n) is 3.04. The highest BCUT2D eigenvalue weighted by molar-refractivity contribution is 5.87. The summed E-state index contributed by atoms with van der Waals surface area (Å²) in [7, 11) is 0. The third-order valence-corrected chi connectivity index (χ3v) is 3.04.